The van der Waals surface area contributed by atoms with E-state index in [0.717, 1.165) is 12.2 Å². The molecule has 1 fully saturated rings. The van der Waals surface area contributed by atoms with Crippen molar-refractivity contribution in [3.05, 3.63) is 42.5 Å². The molecule has 2 nitrogen and oxygen atoms in total. The van der Waals surface area contributed by atoms with Gasteiger partial charge in [-0.05, 0) is 41.7 Å². The second kappa shape index (κ2) is 8.91. The molecule has 1 saturated carbocycles. The predicted octanol–water partition coefficient (Wildman–Crippen LogP) is 5.79. The van der Waals surface area contributed by atoms with Gasteiger partial charge in [-0.3, -0.25) is 0 Å². The molecule has 1 aliphatic carbocycles. The Hall–Kier alpha value is -1.25. The molecule has 0 aromatic heterocycles. The third kappa shape index (κ3) is 4.68. The fourth-order valence-corrected chi connectivity index (χ4v) is 4.52. The van der Waals surface area contributed by atoms with Crippen molar-refractivity contribution in [3.63, 3.8) is 0 Å². The first kappa shape index (κ1) is 18.5. The number of rotatable bonds is 8. The van der Waals surface area contributed by atoms with Crippen LogP contribution in [0, 0.1) is 11.8 Å². The quantitative estimate of drug-likeness (QED) is 0.476. The molecule has 0 aliphatic heterocycles. The van der Waals surface area contributed by atoms with Crippen molar-refractivity contribution in [2.24, 2.45) is 11.8 Å². The van der Waals surface area contributed by atoms with Gasteiger partial charge in [-0.1, -0.05) is 62.9 Å². The van der Waals surface area contributed by atoms with Crippen molar-refractivity contribution in [3.8, 4) is 5.75 Å². The van der Waals surface area contributed by atoms with Crippen LogP contribution < -0.4 is 4.74 Å². The maximum Gasteiger partial charge on any atom is 0.119 e. The molecular formula is C22H29ClO2. The Bertz CT molecular complexity index is 672. The van der Waals surface area contributed by atoms with Crippen LogP contribution >= 0.6 is 11.6 Å². The minimum absolute atomic E-state index is 0.0711. The molecule has 2 aromatic carbocycles. The van der Waals surface area contributed by atoms with Crippen LogP contribution in [0.3, 0.4) is 0 Å². The van der Waals surface area contributed by atoms with Crippen LogP contribution in [0.1, 0.15) is 45.4 Å². The Kier molecular flexibility index (Phi) is 6.61. The number of aliphatic hydroxyl groups excluding tert-OH is 1. The summed E-state index contributed by atoms with van der Waals surface area (Å²) in [4.78, 5) is 0. The monoisotopic (exact) mass is 360 g/mol. The predicted molar refractivity (Wildman–Crippen MR) is 105 cm³/mol. The summed E-state index contributed by atoms with van der Waals surface area (Å²) in [6.45, 7) is 2.77. The Morgan fingerprint density at radius 3 is 2.64 bits per heavy atom. The molecule has 1 N–H and O–H groups in total. The third-order valence-electron chi connectivity index (χ3n) is 5.53. The molecule has 4 atom stereocenters. The van der Waals surface area contributed by atoms with Crippen LogP contribution in [0.15, 0.2) is 42.5 Å². The van der Waals surface area contributed by atoms with Crippen LogP contribution in [0.4, 0.5) is 0 Å². The first-order valence-electron chi connectivity index (χ1n) is 9.62. The Balaban J connectivity index is 1.60. The molecule has 3 rings (SSSR count). The number of hydrogen-bond donors (Lipinski definition) is 1. The number of benzene rings is 2. The van der Waals surface area contributed by atoms with Gasteiger partial charge in [0.25, 0.3) is 0 Å². The number of ether oxygens (including phenoxy) is 1. The number of halogens is 1. The van der Waals surface area contributed by atoms with Crippen LogP contribution in [-0.4, -0.2) is 23.2 Å². The van der Waals surface area contributed by atoms with Gasteiger partial charge in [-0.25, -0.2) is 0 Å². The van der Waals surface area contributed by atoms with E-state index in [4.69, 9.17) is 16.3 Å². The number of hydrogen-bond acceptors (Lipinski definition) is 2. The zero-order valence-corrected chi connectivity index (χ0v) is 15.8. The van der Waals surface area contributed by atoms with E-state index in [-0.39, 0.29) is 17.4 Å². The molecule has 0 bridgehead atoms. The zero-order valence-electron chi connectivity index (χ0n) is 15.0. The van der Waals surface area contributed by atoms with Gasteiger partial charge in [0.1, 0.15) is 5.75 Å². The highest BCUT2D eigenvalue weighted by atomic mass is 35.5. The third-order valence-corrected chi connectivity index (χ3v) is 6.03. The van der Waals surface area contributed by atoms with Crippen molar-refractivity contribution in [2.75, 3.05) is 6.61 Å². The largest absolute Gasteiger partial charge is 0.493 e. The zero-order chi connectivity index (χ0) is 17.6. The van der Waals surface area contributed by atoms with E-state index in [1.807, 2.05) is 18.2 Å². The minimum atomic E-state index is -0.348. The first-order chi connectivity index (χ1) is 12.2. The van der Waals surface area contributed by atoms with Gasteiger partial charge in [0.15, 0.2) is 0 Å². The minimum Gasteiger partial charge on any atom is -0.493 e. The fourth-order valence-electron chi connectivity index (χ4n) is 4.02. The van der Waals surface area contributed by atoms with E-state index < -0.39 is 0 Å². The molecule has 0 saturated heterocycles. The highest BCUT2D eigenvalue weighted by Crippen LogP contribution is 2.39. The smallest absolute Gasteiger partial charge is 0.119 e. The molecule has 0 spiro atoms. The topological polar surface area (TPSA) is 29.5 Å². The Morgan fingerprint density at radius 2 is 1.84 bits per heavy atom. The van der Waals surface area contributed by atoms with Crippen LogP contribution in [-0.2, 0) is 0 Å². The second-order valence-electron chi connectivity index (χ2n) is 7.32. The summed E-state index contributed by atoms with van der Waals surface area (Å²) in [6.07, 6.45) is 6.40. The Labute approximate surface area is 156 Å². The van der Waals surface area contributed by atoms with Crippen molar-refractivity contribution < 1.29 is 9.84 Å². The molecule has 2 aromatic rings. The van der Waals surface area contributed by atoms with Crippen molar-refractivity contribution in [2.45, 2.75) is 56.9 Å². The number of unbranched alkanes of at least 4 members (excludes halogenated alkanes) is 3. The average Bonchev–Trinajstić information content (AvgIpc) is 2.89. The van der Waals surface area contributed by atoms with Gasteiger partial charge in [-0.2, -0.15) is 0 Å². The molecule has 25 heavy (non-hydrogen) atoms. The Morgan fingerprint density at radius 1 is 1.04 bits per heavy atom. The van der Waals surface area contributed by atoms with Gasteiger partial charge in [0.05, 0.1) is 12.7 Å². The van der Waals surface area contributed by atoms with Crippen LogP contribution in [0.25, 0.3) is 10.8 Å². The molecule has 1 aliphatic rings. The summed E-state index contributed by atoms with van der Waals surface area (Å²) >= 11 is 6.52. The lowest BCUT2D eigenvalue weighted by atomic mass is 9.90. The second-order valence-corrected chi connectivity index (χ2v) is 7.88. The molecule has 0 unspecified atom stereocenters. The fraction of sp³-hybridized carbons (Fsp3) is 0.545. The van der Waals surface area contributed by atoms with Crippen LogP contribution in [0.5, 0.6) is 5.75 Å². The average molecular weight is 361 g/mol. The normalized spacial score (nSPS) is 26.2. The summed E-state index contributed by atoms with van der Waals surface area (Å²) in [5.41, 5.74) is 0. The SMILES string of the molecule is CCCCCC[C@@H]1[C@@H](COc2ccc3ccccc3c2)[C@H](O)C[C@H]1Cl. The summed E-state index contributed by atoms with van der Waals surface area (Å²) in [7, 11) is 0. The maximum atomic E-state index is 10.4. The van der Waals surface area contributed by atoms with Crippen molar-refractivity contribution in [1.82, 2.24) is 0 Å². The molecule has 3 heteroatoms. The van der Waals surface area contributed by atoms with Gasteiger partial charge in [0, 0.05) is 11.3 Å². The highest BCUT2D eigenvalue weighted by Gasteiger charge is 2.41. The number of fused-ring (bicyclic) bond motifs is 1. The molecule has 0 radical (unpaired) electrons. The van der Waals surface area contributed by atoms with Crippen molar-refractivity contribution in [1.29, 1.82) is 0 Å². The number of aliphatic hydroxyl groups is 1. The van der Waals surface area contributed by atoms with E-state index in [2.05, 4.69) is 31.2 Å². The van der Waals surface area contributed by atoms with E-state index in [1.165, 1.54) is 36.5 Å². The summed E-state index contributed by atoms with van der Waals surface area (Å²) < 4.78 is 6.06. The first-order valence-corrected chi connectivity index (χ1v) is 10.1. The van der Waals surface area contributed by atoms with E-state index in [0.29, 0.717) is 18.9 Å². The molecule has 136 valence electrons. The van der Waals surface area contributed by atoms with Crippen LogP contribution in [0.2, 0.25) is 0 Å². The van der Waals surface area contributed by atoms with E-state index >= 15 is 0 Å². The standard InChI is InChI=1S/C22H29ClO2/c1-2-3-4-5-10-19-20(22(24)14-21(19)23)15-25-18-12-11-16-8-6-7-9-17(16)13-18/h6-9,11-13,19-22,24H,2-5,10,14-15H2,1H3/t19-,20-,21-,22-/m1/s1. The van der Waals surface area contributed by atoms with Gasteiger partial charge in [0.2, 0.25) is 0 Å². The highest BCUT2D eigenvalue weighted by molar-refractivity contribution is 6.21. The van der Waals surface area contributed by atoms with Crippen molar-refractivity contribution >= 4 is 22.4 Å². The summed E-state index contributed by atoms with van der Waals surface area (Å²) in [6, 6.07) is 14.5. The number of alkyl halides is 1. The lowest BCUT2D eigenvalue weighted by Gasteiger charge is -2.23. The molecule has 0 amide bonds. The van der Waals surface area contributed by atoms with Gasteiger partial charge in [-0.15, -0.1) is 11.6 Å². The maximum absolute atomic E-state index is 10.4. The summed E-state index contributed by atoms with van der Waals surface area (Å²) in [5.74, 6) is 1.36. The summed E-state index contributed by atoms with van der Waals surface area (Å²) in [5, 5.41) is 12.9. The van der Waals surface area contributed by atoms with Gasteiger partial charge >= 0.3 is 0 Å². The lowest BCUT2D eigenvalue weighted by Crippen LogP contribution is -2.27. The lowest BCUT2D eigenvalue weighted by molar-refractivity contribution is 0.0779. The molecular weight excluding hydrogens is 332 g/mol. The van der Waals surface area contributed by atoms with Gasteiger partial charge < -0.3 is 9.84 Å². The van der Waals surface area contributed by atoms with E-state index in [1.54, 1.807) is 0 Å². The molecule has 0 heterocycles. The van der Waals surface area contributed by atoms with E-state index in [9.17, 15) is 5.11 Å².